The fourth-order valence-electron chi connectivity index (χ4n) is 8.84. The lowest BCUT2D eigenvalue weighted by Crippen LogP contribution is -2.32. The minimum absolute atomic E-state index is 0.00709. The topological polar surface area (TPSA) is 265 Å². The normalized spacial score (nSPS) is 12.9. The van der Waals surface area contributed by atoms with E-state index in [4.69, 9.17) is 72.3 Å². The number of aliphatic hydroxyl groups excluding tert-OH is 2. The number of ketones is 2. The summed E-state index contributed by atoms with van der Waals surface area (Å²) >= 11 is 11.7. The minimum Gasteiger partial charge on any atom is -0.494 e. The van der Waals surface area contributed by atoms with Gasteiger partial charge >= 0.3 is 0 Å². The van der Waals surface area contributed by atoms with Gasteiger partial charge in [-0.2, -0.15) is 0 Å². The SMILES string of the molecule is COc1cc(C(=O)CCC(C)(O)c2ccc(OC)c(-c3ccc(F)c(Cl)c3)n2)ccc1OCCO.COc1cc(C(=O)CCC(C)(O)c2ccc(OC)c(-c3ccc(F)cc3)n2)ccc1OCCO.COc1ccc(C(C)(O)CN)nc1-c1ccc(F)c(Cl)c1. The molecule has 18 nitrogen and oxygen atoms in total. The molecule has 8 rings (SSSR count). The van der Waals surface area contributed by atoms with E-state index >= 15 is 0 Å². The molecule has 90 heavy (non-hydrogen) atoms. The highest BCUT2D eigenvalue weighted by atomic mass is 35.5. The number of halogens is 5. The zero-order valence-electron chi connectivity index (χ0n) is 50.8. The van der Waals surface area contributed by atoms with Crippen LogP contribution in [0.15, 0.2) is 133 Å². The summed E-state index contributed by atoms with van der Waals surface area (Å²) in [5, 5.41) is 50.3. The Morgan fingerprint density at radius 3 is 1.12 bits per heavy atom. The van der Waals surface area contributed by atoms with E-state index in [1.165, 1.54) is 78.0 Å². The van der Waals surface area contributed by atoms with Crippen LogP contribution in [0.3, 0.4) is 0 Å². The molecule has 7 N–H and O–H groups in total. The summed E-state index contributed by atoms with van der Waals surface area (Å²) < 4.78 is 77.6. The van der Waals surface area contributed by atoms with Crippen molar-refractivity contribution in [3.8, 4) is 74.0 Å². The van der Waals surface area contributed by atoms with Gasteiger partial charge in [0.15, 0.2) is 34.6 Å². The molecule has 0 fully saturated rings. The molecule has 0 saturated carbocycles. The van der Waals surface area contributed by atoms with Gasteiger partial charge in [0.25, 0.3) is 0 Å². The molecule has 23 heteroatoms. The van der Waals surface area contributed by atoms with Crippen molar-refractivity contribution in [3.05, 3.63) is 189 Å². The highest BCUT2D eigenvalue weighted by Crippen LogP contribution is 2.38. The number of carbonyl (C=O) groups excluding carboxylic acids is 2. The maximum absolute atomic E-state index is 13.6. The van der Waals surface area contributed by atoms with Crippen molar-refractivity contribution >= 4 is 34.8 Å². The molecule has 3 atom stereocenters. The van der Waals surface area contributed by atoms with Crippen LogP contribution in [0, 0.1) is 17.5 Å². The fraction of sp³-hybridized carbons (Fsp3) is 0.299. The van der Waals surface area contributed by atoms with E-state index in [2.05, 4.69) is 15.0 Å². The van der Waals surface area contributed by atoms with Gasteiger partial charge in [0.05, 0.1) is 75.9 Å². The minimum atomic E-state index is -1.44. The van der Waals surface area contributed by atoms with Crippen LogP contribution in [-0.4, -0.2) is 121 Å². The summed E-state index contributed by atoms with van der Waals surface area (Å²) in [5.41, 5.74) is 6.45. The number of pyridine rings is 3. The second-order valence-electron chi connectivity index (χ2n) is 20.8. The highest BCUT2D eigenvalue weighted by Gasteiger charge is 2.30. The Kier molecular flexibility index (Phi) is 25.4. The van der Waals surface area contributed by atoms with Gasteiger partial charge in [-0.25, -0.2) is 28.1 Å². The number of nitrogens with zero attached hydrogens (tertiary/aromatic N) is 3. The third-order valence-corrected chi connectivity index (χ3v) is 14.7. The zero-order valence-corrected chi connectivity index (χ0v) is 52.3. The molecule has 0 aliphatic heterocycles. The lowest BCUT2D eigenvalue weighted by atomic mass is 9.92. The molecule has 478 valence electrons. The molecule has 5 aromatic carbocycles. The summed E-state index contributed by atoms with van der Waals surface area (Å²) in [7, 11) is 7.42. The average molecular weight is 1280 g/mol. The van der Waals surface area contributed by atoms with E-state index < -0.39 is 28.4 Å². The largest absolute Gasteiger partial charge is 0.494 e. The monoisotopic (exact) mass is 1280 g/mol. The predicted octanol–water partition coefficient (Wildman–Crippen LogP) is 11.7. The first-order chi connectivity index (χ1) is 42.9. The Balaban J connectivity index is 0.000000222. The summed E-state index contributed by atoms with van der Waals surface area (Å²) in [6.07, 6.45) is 0.323. The third kappa shape index (κ3) is 18.4. The van der Waals surface area contributed by atoms with E-state index in [1.807, 2.05) is 0 Å². The molecule has 0 spiro atoms. The van der Waals surface area contributed by atoms with Crippen LogP contribution in [-0.2, 0) is 16.8 Å². The van der Waals surface area contributed by atoms with Crippen molar-refractivity contribution in [3.63, 3.8) is 0 Å². The molecule has 0 radical (unpaired) electrons. The van der Waals surface area contributed by atoms with E-state index in [1.54, 1.807) is 112 Å². The second kappa shape index (κ2) is 32.4. The number of carbonyl (C=O) groups is 2. The standard InChI is InChI=1S/C26H27ClFNO6.C26H28FNO6.C15H16ClFN2O2/c1-26(32,11-10-20(31)16-5-7-21(35-13-12-30)23(15-16)34-3)24-9-8-22(33-2)25(29-24)17-4-6-19(28)18(27)14-17;1-26(31,13-12-20(30)18-6-9-21(34-15-14-29)23(16-18)33-3)24-11-10-22(32-2)25(28-24)17-4-7-19(27)8-5-17;1-15(20,8-18)13-6-5-12(21-2)14(19-13)9-3-4-11(17)10(16)7-9/h4-9,14-15,30,32H,10-13H2,1-3H3;4-11,16,29,31H,12-15H2,1-3H3;3-7,20H,8,18H2,1-2H3. The lowest BCUT2D eigenvalue weighted by Gasteiger charge is -2.24. The molecular formula is C67H71Cl2F3N4O14. The van der Waals surface area contributed by atoms with Gasteiger partial charge in [-0.05, 0) is 167 Å². The number of hydrogen-bond acceptors (Lipinski definition) is 18. The van der Waals surface area contributed by atoms with E-state index in [-0.39, 0.29) is 86.1 Å². The van der Waals surface area contributed by atoms with Gasteiger partial charge in [0.2, 0.25) is 0 Å². The fourth-order valence-corrected chi connectivity index (χ4v) is 9.20. The molecule has 0 saturated heterocycles. The van der Waals surface area contributed by atoms with E-state index in [0.29, 0.717) is 102 Å². The zero-order chi connectivity index (χ0) is 65.9. The van der Waals surface area contributed by atoms with Crippen molar-refractivity contribution < 1.29 is 81.5 Å². The number of rotatable bonds is 26. The van der Waals surface area contributed by atoms with Gasteiger partial charge in [-0.15, -0.1) is 0 Å². The number of Topliss-reactive ketones (excluding diaryl/α,β-unsaturated/α-hetero) is 2. The molecule has 0 aliphatic carbocycles. The summed E-state index contributed by atoms with van der Waals surface area (Å²) in [4.78, 5) is 39.2. The van der Waals surface area contributed by atoms with E-state index in [9.17, 15) is 38.1 Å². The van der Waals surface area contributed by atoms with Crippen LogP contribution in [0.4, 0.5) is 13.2 Å². The Bertz CT molecular complexity index is 3750. The Morgan fingerprint density at radius 1 is 0.456 bits per heavy atom. The molecule has 0 bridgehead atoms. The number of ether oxygens (including phenoxy) is 7. The van der Waals surface area contributed by atoms with Crippen LogP contribution in [0.2, 0.25) is 10.0 Å². The van der Waals surface area contributed by atoms with Crippen LogP contribution in [0.5, 0.6) is 40.2 Å². The van der Waals surface area contributed by atoms with Crippen molar-refractivity contribution in [2.45, 2.75) is 63.3 Å². The molecule has 0 aliphatic rings. The average Bonchev–Trinajstić information content (AvgIpc) is 1.12. The van der Waals surface area contributed by atoms with Crippen molar-refractivity contribution in [2.75, 3.05) is 68.5 Å². The van der Waals surface area contributed by atoms with Gasteiger partial charge in [-0.1, -0.05) is 23.2 Å². The lowest BCUT2D eigenvalue weighted by molar-refractivity contribution is 0.0396. The number of hydrogen-bond donors (Lipinski definition) is 6. The van der Waals surface area contributed by atoms with Gasteiger partial charge in [0, 0.05) is 47.2 Å². The van der Waals surface area contributed by atoms with Gasteiger partial charge in [-0.3, -0.25) is 9.59 Å². The van der Waals surface area contributed by atoms with Crippen LogP contribution in [0.25, 0.3) is 33.8 Å². The molecular weight excluding hydrogens is 1210 g/mol. The Labute approximate surface area is 529 Å². The van der Waals surface area contributed by atoms with Gasteiger partial charge in [0.1, 0.15) is 81.8 Å². The molecule has 0 amide bonds. The molecule has 3 heterocycles. The number of aromatic nitrogens is 3. The van der Waals surface area contributed by atoms with Crippen molar-refractivity contribution in [2.24, 2.45) is 5.73 Å². The van der Waals surface area contributed by atoms with Crippen LogP contribution < -0.4 is 38.9 Å². The van der Waals surface area contributed by atoms with Crippen molar-refractivity contribution in [1.82, 2.24) is 15.0 Å². The first kappa shape index (κ1) is 70.7. The number of aliphatic hydroxyl groups is 5. The van der Waals surface area contributed by atoms with E-state index in [0.717, 1.165) is 0 Å². The Morgan fingerprint density at radius 2 is 0.789 bits per heavy atom. The van der Waals surface area contributed by atoms with Crippen molar-refractivity contribution in [1.29, 1.82) is 0 Å². The highest BCUT2D eigenvalue weighted by molar-refractivity contribution is 6.31. The smallest absolute Gasteiger partial charge is 0.163 e. The summed E-state index contributed by atoms with van der Waals surface area (Å²) in [6.45, 7) is 4.70. The number of methoxy groups -OCH3 is 5. The van der Waals surface area contributed by atoms with Crippen LogP contribution in [0.1, 0.15) is 84.3 Å². The molecule has 3 aromatic heterocycles. The first-order valence-corrected chi connectivity index (χ1v) is 28.7. The predicted molar refractivity (Wildman–Crippen MR) is 335 cm³/mol. The number of benzene rings is 5. The maximum Gasteiger partial charge on any atom is 0.163 e. The Hall–Kier alpha value is -8.38. The number of nitrogens with two attached hydrogens (primary N) is 1. The quantitative estimate of drug-likeness (QED) is 0.0275. The molecule has 3 unspecified atom stereocenters. The first-order valence-electron chi connectivity index (χ1n) is 28.0. The van der Waals surface area contributed by atoms with Crippen LogP contribution >= 0.6 is 23.2 Å². The summed E-state index contributed by atoms with van der Waals surface area (Å²) in [5.74, 6) is 1.19. The third-order valence-electron chi connectivity index (χ3n) is 14.1. The van der Waals surface area contributed by atoms with Gasteiger partial charge < -0.3 is 64.4 Å². The molecule has 8 aromatic rings. The summed E-state index contributed by atoms with van der Waals surface area (Å²) in [6, 6.07) is 33.8. The maximum atomic E-state index is 13.6. The second-order valence-corrected chi connectivity index (χ2v) is 21.6.